The zero-order valence-electron chi connectivity index (χ0n) is 8.78. The van der Waals surface area contributed by atoms with Gasteiger partial charge in [0.1, 0.15) is 6.61 Å². The molecule has 0 aliphatic carbocycles. The molecule has 4 heteroatoms. The maximum Gasteiger partial charge on any atom is 0.222 e. The molecule has 0 aliphatic heterocycles. The third-order valence-corrected chi connectivity index (χ3v) is 1.54. The first kappa shape index (κ1) is 13.4. The van der Waals surface area contributed by atoms with Gasteiger partial charge in [0, 0.05) is 0 Å². The summed E-state index contributed by atoms with van der Waals surface area (Å²) in [7, 11) is 0. The summed E-state index contributed by atoms with van der Waals surface area (Å²) in [6.07, 6.45) is 3.00. The van der Waals surface area contributed by atoms with Gasteiger partial charge in [0.25, 0.3) is 0 Å². The highest BCUT2D eigenvalue weighted by Gasteiger charge is 2.07. The average molecular weight is 204 g/mol. The summed E-state index contributed by atoms with van der Waals surface area (Å²) >= 11 is 0. The smallest absolute Gasteiger partial charge is 0.222 e. The van der Waals surface area contributed by atoms with Crippen LogP contribution in [0.4, 0.5) is 0 Å². The van der Waals surface area contributed by atoms with Crippen LogP contribution in [0.5, 0.6) is 0 Å². The topological polar surface area (TPSA) is 47.9 Å². The lowest BCUT2D eigenvalue weighted by Gasteiger charge is -2.16. The molecule has 0 aromatic heterocycles. The molecule has 0 saturated carbocycles. The molecule has 14 heavy (non-hydrogen) atoms. The first-order chi connectivity index (χ1) is 6.85. The molecular formula is C10H20O4. The number of hydrogen-bond donors (Lipinski definition) is 1. The predicted octanol–water partition coefficient (Wildman–Crippen LogP) is 1.30. The summed E-state index contributed by atoms with van der Waals surface area (Å²) in [6.45, 7) is 6.82. The van der Waals surface area contributed by atoms with Gasteiger partial charge in [-0.05, 0) is 6.42 Å². The lowest BCUT2D eigenvalue weighted by molar-refractivity contribution is -0.144. The van der Waals surface area contributed by atoms with E-state index in [1.165, 1.54) is 6.26 Å². The summed E-state index contributed by atoms with van der Waals surface area (Å²) in [5.74, 6) is 0. The average Bonchev–Trinajstić information content (AvgIpc) is 2.18. The fourth-order valence-electron chi connectivity index (χ4n) is 0.837. The zero-order chi connectivity index (χ0) is 10.6. The normalized spacial score (nSPS) is 12.4. The Labute approximate surface area is 85.5 Å². The second-order valence-electron chi connectivity index (χ2n) is 2.76. The Morgan fingerprint density at radius 1 is 1.43 bits per heavy atom. The van der Waals surface area contributed by atoms with Gasteiger partial charge in [0.15, 0.2) is 0 Å². The van der Waals surface area contributed by atoms with Crippen molar-refractivity contribution in [3.63, 3.8) is 0 Å². The fraction of sp³-hybridized carbons (Fsp3) is 0.800. The van der Waals surface area contributed by atoms with Crippen molar-refractivity contribution in [3.05, 3.63) is 12.8 Å². The summed E-state index contributed by atoms with van der Waals surface area (Å²) in [5, 5.41) is 8.50. The van der Waals surface area contributed by atoms with E-state index in [0.29, 0.717) is 19.8 Å². The van der Waals surface area contributed by atoms with Crippen molar-refractivity contribution in [3.8, 4) is 0 Å². The van der Waals surface area contributed by atoms with Gasteiger partial charge in [0.05, 0.1) is 26.1 Å². The van der Waals surface area contributed by atoms with Gasteiger partial charge in [-0.1, -0.05) is 19.9 Å². The molecule has 0 aromatic carbocycles. The third kappa shape index (κ3) is 8.04. The lowest BCUT2D eigenvalue weighted by Crippen LogP contribution is -2.23. The highest BCUT2D eigenvalue weighted by Crippen LogP contribution is 1.99. The van der Waals surface area contributed by atoms with Crippen LogP contribution in [0.3, 0.4) is 0 Å². The molecule has 0 fully saturated rings. The van der Waals surface area contributed by atoms with Gasteiger partial charge < -0.3 is 19.3 Å². The minimum absolute atomic E-state index is 0.00969. The molecule has 0 amide bonds. The van der Waals surface area contributed by atoms with E-state index in [9.17, 15) is 0 Å². The largest absolute Gasteiger partial charge is 0.471 e. The van der Waals surface area contributed by atoms with Crippen molar-refractivity contribution in [2.45, 2.75) is 26.1 Å². The Bertz CT molecular complexity index is 117. The van der Waals surface area contributed by atoms with E-state index in [1.807, 2.05) is 0 Å². The van der Waals surface area contributed by atoms with Gasteiger partial charge in [-0.2, -0.15) is 0 Å². The highest BCUT2D eigenvalue weighted by atomic mass is 16.7. The van der Waals surface area contributed by atoms with Gasteiger partial charge in [0.2, 0.25) is 6.29 Å². The van der Waals surface area contributed by atoms with E-state index < -0.39 is 6.29 Å². The highest BCUT2D eigenvalue weighted by molar-refractivity contribution is 4.53. The van der Waals surface area contributed by atoms with Crippen LogP contribution < -0.4 is 0 Å². The lowest BCUT2D eigenvalue weighted by atomic mass is 10.4. The Morgan fingerprint density at radius 3 is 2.79 bits per heavy atom. The zero-order valence-corrected chi connectivity index (χ0v) is 8.78. The van der Waals surface area contributed by atoms with Crippen LogP contribution in [0.25, 0.3) is 0 Å². The number of hydrogen-bond acceptors (Lipinski definition) is 4. The second kappa shape index (κ2) is 10.5. The van der Waals surface area contributed by atoms with Crippen molar-refractivity contribution in [2.75, 3.05) is 26.4 Å². The molecule has 0 bridgehead atoms. The number of ether oxygens (including phenoxy) is 3. The van der Waals surface area contributed by atoms with Crippen LogP contribution in [0.1, 0.15) is 19.8 Å². The number of unbranched alkanes of at least 4 members (excludes halogenated alkanes) is 1. The van der Waals surface area contributed by atoms with E-state index >= 15 is 0 Å². The second-order valence-corrected chi connectivity index (χ2v) is 2.76. The molecule has 0 heterocycles. The maximum atomic E-state index is 8.50. The van der Waals surface area contributed by atoms with E-state index in [0.717, 1.165) is 12.8 Å². The van der Waals surface area contributed by atoms with Crippen molar-refractivity contribution in [2.24, 2.45) is 0 Å². The van der Waals surface area contributed by atoms with Crippen molar-refractivity contribution < 1.29 is 19.3 Å². The van der Waals surface area contributed by atoms with Gasteiger partial charge >= 0.3 is 0 Å². The number of rotatable bonds is 10. The first-order valence-electron chi connectivity index (χ1n) is 4.91. The van der Waals surface area contributed by atoms with E-state index in [-0.39, 0.29) is 6.61 Å². The molecular weight excluding hydrogens is 184 g/mol. The van der Waals surface area contributed by atoms with Crippen molar-refractivity contribution in [1.82, 2.24) is 0 Å². The predicted molar refractivity (Wildman–Crippen MR) is 53.8 cm³/mol. The monoisotopic (exact) mass is 204 g/mol. The minimum atomic E-state index is -0.411. The molecule has 0 aromatic rings. The van der Waals surface area contributed by atoms with E-state index in [1.54, 1.807) is 0 Å². The molecule has 0 aliphatic rings. The molecule has 0 radical (unpaired) electrons. The summed E-state index contributed by atoms with van der Waals surface area (Å²) in [6, 6.07) is 0. The van der Waals surface area contributed by atoms with Crippen LogP contribution in [0.2, 0.25) is 0 Å². The van der Waals surface area contributed by atoms with Crippen molar-refractivity contribution in [1.29, 1.82) is 0 Å². The SMILES string of the molecule is C=COC(COCCO)OCCCC. The van der Waals surface area contributed by atoms with Gasteiger partial charge in [-0.25, -0.2) is 0 Å². The molecule has 1 atom stereocenters. The minimum Gasteiger partial charge on any atom is -0.471 e. The van der Waals surface area contributed by atoms with Gasteiger partial charge in [-0.15, -0.1) is 0 Å². The maximum absolute atomic E-state index is 8.50. The van der Waals surface area contributed by atoms with Crippen LogP contribution in [-0.4, -0.2) is 37.8 Å². The first-order valence-corrected chi connectivity index (χ1v) is 4.91. The Kier molecular flexibility index (Phi) is 10.1. The van der Waals surface area contributed by atoms with Crippen molar-refractivity contribution >= 4 is 0 Å². The Balaban J connectivity index is 3.49. The molecule has 0 spiro atoms. The Morgan fingerprint density at radius 2 is 2.21 bits per heavy atom. The molecule has 1 unspecified atom stereocenters. The Hall–Kier alpha value is -0.580. The van der Waals surface area contributed by atoms with Gasteiger partial charge in [-0.3, -0.25) is 0 Å². The number of aliphatic hydroxyl groups is 1. The van der Waals surface area contributed by atoms with E-state index in [4.69, 9.17) is 19.3 Å². The van der Waals surface area contributed by atoms with Crippen LogP contribution in [0.15, 0.2) is 12.8 Å². The summed E-state index contributed by atoms with van der Waals surface area (Å²) in [5.41, 5.74) is 0. The molecule has 84 valence electrons. The molecule has 0 saturated heterocycles. The summed E-state index contributed by atoms with van der Waals surface area (Å²) < 4.78 is 15.5. The van der Waals surface area contributed by atoms with E-state index in [2.05, 4.69) is 13.5 Å². The van der Waals surface area contributed by atoms with Crippen LogP contribution >= 0.6 is 0 Å². The summed E-state index contributed by atoms with van der Waals surface area (Å²) in [4.78, 5) is 0. The molecule has 0 rings (SSSR count). The molecule has 4 nitrogen and oxygen atoms in total. The third-order valence-electron chi connectivity index (χ3n) is 1.54. The fourth-order valence-corrected chi connectivity index (χ4v) is 0.837. The van der Waals surface area contributed by atoms with Crippen LogP contribution in [0, 0.1) is 0 Å². The number of aliphatic hydroxyl groups excluding tert-OH is 1. The quantitative estimate of drug-likeness (QED) is 0.331. The van der Waals surface area contributed by atoms with Crippen LogP contribution in [-0.2, 0) is 14.2 Å². The molecule has 1 N–H and O–H groups in total. The standard InChI is InChI=1S/C10H20O4/c1-3-5-7-14-10(13-4-2)9-12-8-6-11/h4,10-11H,2-3,5-9H2,1H3.